The molecule has 8 nitrogen and oxygen atoms in total. The van der Waals surface area contributed by atoms with Crippen LogP contribution in [0.3, 0.4) is 0 Å². The van der Waals surface area contributed by atoms with E-state index in [9.17, 15) is 14.3 Å². The summed E-state index contributed by atoms with van der Waals surface area (Å²) in [6.07, 6.45) is 56.8. The number of nitrogens with zero attached hydrogens (tertiary/aromatic N) is 1. The molecule has 0 aliphatic heterocycles. The lowest BCUT2D eigenvalue weighted by atomic mass is 10.2. The van der Waals surface area contributed by atoms with Gasteiger partial charge in [0.15, 0.2) is 0 Å². The summed E-state index contributed by atoms with van der Waals surface area (Å²) in [6, 6.07) is 0. The van der Waals surface area contributed by atoms with Crippen molar-refractivity contribution < 1.29 is 37.3 Å². The third-order valence-electron chi connectivity index (χ3n) is 8.02. The quantitative estimate of drug-likeness (QED) is 0.0220. The van der Waals surface area contributed by atoms with Crippen molar-refractivity contribution in [2.45, 2.75) is 123 Å². The molecule has 0 fully saturated rings. The van der Waals surface area contributed by atoms with Crippen molar-refractivity contribution in [1.29, 1.82) is 0 Å². The van der Waals surface area contributed by atoms with Crippen molar-refractivity contribution in [3.63, 3.8) is 0 Å². The van der Waals surface area contributed by atoms with Crippen LogP contribution in [-0.4, -0.2) is 75.6 Å². The van der Waals surface area contributed by atoms with E-state index in [1.165, 1.54) is 0 Å². The fourth-order valence-electron chi connectivity index (χ4n) is 4.79. The molecule has 0 aromatic heterocycles. The number of ether oxygens (including phenoxy) is 2. The largest absolute Gasteiger partial charge is 0.472 e. The van der Waals surface area contributed by atoms with Gasteiger partial charge in [-0.1, -0.05) is 135 Å². The van der Waals surface area contributed by atoms with Gasteiger partial charge in [-0.05, 0) is 96.3 Å². The first kappa shape index (κ1) is 53.9. The molecular formula is C48H79NO7P+. The van der Waals surface area contributed by atoms with E-state index in [2.05, 4.69) is 135 Å². The van der Waals surface area contributed by atoms with Gasteiger partial charge in [0, 0.05) is 13.0 Å². The van der Waals surface area contributed by atoms with E-state index < -0.39 is 13.9 Å². The van der Waals surface area contributed by atoms with Gasteiger partial charge in [0.1, 0.15) is 19.3 Å². The highest BCUT2D eigenvalue weighted by atomic mass is 31.2. The lowest BCUT2D eigenvalue weighted by molar-refractivity contribution is -0.870. The number of rotatable bonds is 37. The number of esters is 1. The van der Waals surface area contributed by atoms with E-state index in [1.54, 1.807) is 0 Å². The third kappa shape index (κ3) is 43.9. The fraction of sp³-hybridized carbons (Fsp3) is 0.562. The molecule has 0 aromatic rings. The lowest BCUT2D eigenvalue weighted by Crippen LogP contribution is -2.37. The van der Waals surface area contributed by atoms with Crippen LogP contribution >= 0.6 is 7.82 Å². The SMILES string of the molecule is CC/C=C\C/C=C\C/C=C\C/C=C\C/C=C\C/C=C\CCCOCC(COP(=O)(O)OCC[N+](C)(C)C)OC(=O)CCCC/C=C\C/C=C\C/C=C\C/C=C\CC. The van der Waals surface area contributed by atoms with Crippen molar-refractivity contribution in [2.24, 2.45) is 0 Å². The Morgan fingerprint density at radius 1 is 0.544 bits per heavy atom. The van der Waals surface area contributed by atoms with Gasteiger partial charge in [-0.25, -0.2) is 4.57 Å². The van der Waals surface area contributed by atoms with Crippen LogP contribution in [-0.2, 0) is 27.9 Å². The monoisotopic (exact) mass is 813 g/mol. The highest BCUT2D eigenvalue weighted by molar-refractivity contribution is 7.47. The van der Waals surface area contributed by atoms with Crippen LogP contribution < -0.4 is 0 Å². The average molecular weight is 813 g/mol. The number of phosphoric acid groups is 1. The number of quaternary nitrogens is 1. The van der Waals surface area contributed by atoms with E-state index in [4.69, 9.17) is 18.5 Å². The van der Waals surface area contributed by atoms with Crippen LogP contribution in [0.2, 0.25) is 0 Å². The number of likely N-dealkylation sites (N-methyl/N-ethyl adjacent to an activating group) is 1. The van der Waals surface area contributed by atoms with Crippen molar-refractivity contribution in [2.75, 3.05) is 54.1 Å². The number of hydrogen-bond acceptors (Lipinski definition) is 6. The van der Waals surface area contributed by atoms with Crippen LogP contribution in [0.1, 0.15) is 117 Å². The molecule has 2 atom stereocenters. The molecule has 57 heavy (non-hydrogen) atoms. The second-order valence-corrected chi connectivity index (χ2v) is 16.1. The molecular weight excluding hydrogens is 734 g/mol. The van der Waals surface area contributed by atoms with E-state index >= 15 is 0 Å². The summed E-state index contributed by atoms with van der Waals surface area (Å²) in [7, 11) is 1.58. The molecule has 0 radical (unpaired) electrons. The minimum Gasteiger partial charge on any atom is -0.457 e. The van der Waals surface area contributed by atoms with Crippen molar-refractivity contribution in [3.8, 4) is 0 Å². The zero-order valence-electron chi connectivity index (χ0n) is 36.3. The number of phosphoric ester groups is 1. The number of allylic oxidation sites excluding steroid dienone is 20. The topological polar surface area (TPSA) is 91.3 Å². The van der Waals surface area contributed by atoms with Gasteiger partial charge in [-0.3, -0.25) is 13.8 Å². The van der Waals surface area contributed by atoms with Crippen molar-refractivity contribution in [3.05, 3.63) is 122 Å². The molecule has 0 heterocycles. The van der Waals surface area contributed by atoms with Crippen LogP contribution in [0, 0.1) is 0 Å². The summed E-state index contributed by atoms with van der Waals surface area (Å²) in [6.45, 7) is 5.12. The Balaban J connectivity index is 4.47. The van der Waals surface area contributed by atoms with Crippen LogP contribution in [0.25, 0.3) is 0 Å². The highest BCUT2D eigenvalue weighted by Gasteiger charge is 2.26. The molecule has 0 aromatic carbocycles. The summed E-state index contributed by atoms with van der Waals surface area (Å²) in [5.41, 5.74) is 0. The summed E-state index contributed by atoms with van der Waals surface area (Å²) in [4.78, 5) is 22.8. The van der Waals surface area contributed by atoms with Gasteiger partial charge in [0.25, 0.3) is 0 Å². The van der Waals surface area contributed by atoms with Gasteiger partial charge in [-0.2, -0.15) is 0 Å². The second kappa shape index (κ2) is 39.7. The summed E-state index contributed by atoms with van der Waals surface area (Å²) in [5, 5.41) is 0. The Morgan fingerprint density at radius 3 is 1.37 bits per heavy atom. The molecule has 0 aliphatic rings. The van der Waals surface area contributed by atoms with E-state index in [1.807, 2.05) is 21.1 Å². The molecule has 0 saturated carbocycles. The molecule has 0 amide bonds. The maximum Gasteiger partial charge on any atom is 0.472 e. The third-order valence-corrected chi connectivity index (χ3v) is 9.00. The maximum absolute atomic E-state index is 12.7. The number of unbranched alkanes of at least 4 members (excludes halogenated alkanes) is 3. The lowest BCUT2D eigenvalue weighted by Gasteiger charge is -2.24. The zero-order chi connectivity index (χ0) is 42.0. The maximum atomic E-state index is 12.7. The van der Waals surface area contributed by atoms with Gasteiger partial charge >= 0.3 is 13.8 Å². The average Bonchev–Trinajstić information content (AvgIpc) is 3.16. The summed E-state index contributed by atoms with van der Waals surface area (Å²) < 4.78 is 34.8. The minimum atomic E-state index is -4.31. The van der Waals surface area contributed by atoms with Gasteiger partial charge < -0.3 is 18.9 Å². The summed E-state index contributed by atoms with van der Waals surface area (Å²) in [5.74, 6) is -0.381. The Morgan fingerprint density at radius 2 is 0.947 bits per heavy atom. The molecule has 322 valence electrons. The molecule has 9 heteroatoms. The molecule has 0 aliphatic carbocycles. The van der Waals surface area contributed by atoms with Crippen LogP contribution in [0.5, 0.6) is 0 Å². The Labute approximate surface area is 348 Å². The molecule has 0 saturated heterocycles. The van der Waals surface area contributed by atoms with Gasteiger partial charge in [0.05, 0.1) is 34.4 Å². The Bertz CT molecular complexity index is 1310. The zero-order valence-corrected chi connectivity index (χ0v) is 37.2. The molecule has 1 N–H and O–H groups in total. The molecule has 0 rings (SSSR count). The second-order valence-electron chi connectivity index (χ2n) is 14.6. The number of carbonyl (C=O) groups excluding carboxylic acids is 1. The normalized spacial score (nSPS) is 15.0. The Kier molecular flexibility index (Phi) is 37.6. The number of carbonyl (C=O) groups is 1. The van der Waals surface area contributed by atoms with Crippen LogP contribution in [0.4, 0.5) is 0 Å². The molecule has 0 spiro atoms. The van der Waals surface area contributed by atoms with Gasteiger partial charge in [0.2, 0.25) is 0 Å². The van der Waals surface area contributed by atoms with E-state index in [0.29, 0.717) is 24.1 Å². The predicted molar refractivity (Wildman–Crippen MR) is 242 cm³/mol. The van der Waals surface area contributed by atoms with E-state index in [0.717, 1.165) is 89.9 Å². The first-order valence-electron chi connectivity index (χ1n) is 21.3. The fourth-order valence-corrected chi connectivity index (χ4v) is 5.53. The first-order valence-corrected chi connectivity index (χ1v) is 22.8. The van der Waals surface area contributed by atoms with E-state index in [-0.39, 0.29) is 32.2 Å². The smallest absolute Gasteiger partial charge is 0.457 e. The molecule has 0 bridgehead atoms. The summed E-state index contributed by atoms with van der Waals surface area (Å²) >= 11 is 0. The first-order chi connectivity index (χ1) is 27.6. The predicted octanol–water partition coefficient (Wildman–Crippen LogP) is 12.6. The van der Waals surface area contributed by atoms with Crippen molar-refractivity contribution in [1.82, 2.24) is 0 Å². The highest BCUT2D eigenvalue weighted by Crippen LogP contribution is 2.43. The van der Waals surface area contributed by atoms with Crippen LogP contribution in [0.15, 0.2) is 122 Å². The van der Waals surface area contributed by atoms with Gasteiger partial charge in [-0.15, -0.1) is 0 Å². The minimum absolute atomic E-state index is 0.0616. The number of hydrogen-bond donors (Lipinski definition) is 1. The molecule has 2 unspecified atom stereocenters. The Hall–Kier alpha value is -3.10. The van der Waals surface area contributed by atoms with Crippen molar-refractivity contribution >= 4 is 13.8 Å². The standard InChI is InChI=1S/C48H78NO7P/c1-6-8-10-12-14-16-18-20-22-23-24-25-26-28-30-32-34-36-38-40-43-53-45-47(46-55-57(51,52)54-44-42-49(3,4)5)56-48(50)41-39-37-35-33-31-29-27-21-19-17-15-13-11-9-7-2/h8-11,14-17,20-22,24-25,27-28,30-31,33-34,36,47H,6-7,12-13,18-19,23,26,29,32,35,37-46H2,1-5H3/p+1/b10-8-,11-9-,16-14-,17-15-,22-20-,25-24-,27-21-,30-28-,33-31-,36-34-.